The third-order valence-corrected chi connectivity index (χ3v) is 1.61. The first kappa shape index (κ1) is 10.8. The van der Waals surface area contributed by atoms with Crippen molar-refractivity contribution >= 4 is 11.6 Å². The van der Waals surface area contributed by atoms with Crippen LogP contribution in [0, 0.1) is 11.3 Å². The van der Waals surface area contributed by atoms with E-state index in [0.717, 1.165) is 0 Å². The molecule has 0 aliphatic heterocycles. The minimum Gasteiger partial charge on any atom is -0.479 e. The number of hydrogen-bond acceptors (Lipinski definition) is 3. The fraction of sp³-hybridized carbons (Fsp3) is 0.0909. The average molecular weight is 202 g/mol. The number of nitriles is 1. The van der Waals surface area contributed by atoms with E-state index in [2.05, 4.69) is 11.9 Å². The van der Waals surface area contributed by atoms with E-state index in [1.165, 1.54) is 6.08 Å². The molecule has 0 aliphatic rings. The molecule has 1 aromatic carbocycles. The molecular weight excluding hydrogens is 192 g/mol. The molecule has 0 aliphatic carbocycles. The minimum atomic E-state index is -0.263. The number of rotatable bonds is 4. The second kappa shape index (κ2) is 5.45. The molecule has 15 heavy (non-hydrogen) atoms. The summed E-state index contributed by atoms with van der Waals surface area (Å²) in [5, 5.41) is 10.9. The highest BCUT2D eigenvalue weighted by Gasteiger charge is 1.97. The van der Waals surface area contributed by atoms with Gasteiger partial charge in [-0.05, 0) is 30.3 Å². The Bertz CT molecular complexity index is 390. The lowest BCUT2D eigenvalue weighted by molar-refractivity contribution is -0.111. The summed E-state index contributed by atoms with van der Waals surface area (Å²) in [6.07, 6.45) is 1.19. The van der Waals surface area contributed by atoms with Crippen molar-refractivity contribution in [2.75, 3.05) is 11.9 Å². The number of carbonyl (C=O) groups excluding carboxylic acids is 1. The van der Waals surface area contributed by atoms with E-state index in [1.54, 1.807) is 24.3 Å². The summed E-state index contributed by atoms with van der Waals surface area (Å²) in [4.78, 5) is 10.9. The van der Waals surface area contributed by atoms with Crippen LogP contribution in [0.5, 0.6) is 5.75 Å². The number of carbonyl (C=O) groups is 1. The highest BCUT2D eigenvalue weighted by Crippen LogP contribution is 2.15. The maximum absolute atomic E-state index is 10.9. The Hall–Kier alpha value is -2.28. The molecule has 0 saturated heterocycles. The predicted octanol–water partition coefficient (Wildman–Crippen LogP) is 1.71. The third kappa shape index (κ3) is 3.53. The van der Waals surface area contributed by atoms with Gasteiger partial charge in [-0.25, -0.2) is 0 Å². The number of hydrogen-bond donors (Lipinski definition) is 1. The summed E-state index contributed by atoms with van der Waals surface area (Å²) in [6, 6.07) is 8.60. The van der Waals surface area contributed by atoms with Gasteiger partial charge in [-0.2, -0.15) is 5.26 Å². The first-order valence-corrected chi connectivity index (χ1v) is 4.29. The molecule has 0 fully saturated rings. The second-order valence-corrected chi connectivity index (χ2v) is 2.66. The molecule has 0 radical (unpaired) electrons. The summed E-state index contributed by atoms with van der Waals surface area (Å²) in [6.45, 7) is 3.35. The fourth-order valence-corrected chi connectivity index (χ4v) is 0.943. The topological polar surface area (TPSA) is 62.1 Å². The van der Waals surface area contributed by atoms with Crippen LogP contribution in [0.4, 0.5) is 5.69 Å². The molecule has 4 heteroatoms. The van der Waals surface area contributed by atoms with Crippen molar-refractivity contribution in [2.45, 2.75) is 0 Å². The molecule has 0 atom stereocenters. The van der Waals surface area contributed by atoms with Crippen molar-refractivity contribution in [3.8, 4) is 11.8 Å². The zero-order valence-electron chi connectivity index (χ0n) is 8.06. The van der Waals surface area contributed by atoms with Crippen molar-refractivity contribution in [3.05, 3.63) is 36.9 Å². The van der Waals surface area contributed by atoms with E-state index in [9.17, 15) is 4.79 Å². The maximum Gasteiger partial charge on any atom is 0.247 e. The van der Waals surface area contributed by atoms with E-state index in [1.807, 2.05) is 6.07 Å². The average Bonchev–Trinajstić information content (AvgIpc) is 2.28. The molecule has 0 bridgehead atoms. The van der Waals surface area contributed by atoms with E-state index < -0.39 is 0 Å². The molecule has 1 N–H and O–H groups in total. The monoisotopic (exact) mass is 202 g/mol. The quantitative estimate of drug-likeness (QED) is 0.756. The zero-order valence-corrected chi connectivity index (χ0v) is 8.06. The molecule has 0 unspecified atom stereocenters. The Kier molecular flexibility index (Phi) is 3.92. The molecule has 4 nitrogen and oxygen atoms in total. The third-order valence-electron chi connectivity index (χ3n) is 1.61. The second-order valence-electron chi connectivity index (χ2n) is 2.66. The van der Waals surface area contributed by atoms with Crippen LogP contribution in [0.25, 0.3) is 0 Å². The number of ether oxygens (including phenoxy) is 1. The molecule has 76 valence electrons. The van der Waals surface area contributed by atoms with Gasteiger partial charge in [0.2, 0.25) is 5.91 Å². The van der Waals surface area contributed by atoms with E-state index >= 15 is 0 Å². The van der Waals surface area contributed by atoms with E-state index in [0.29, 0.717) is 11.4 Å². The van der Waals surface area contributed by atoms with Crippen LogP contribution in [0.3, 0.4) is 0 Å². The summed E-state index contributed by atoms with van der Waals surface area (Å²) >= 11 is 0. The summed E-state index contributed by atoms with van der Waals surface area (Å²) in [5.74, 6) is 0.328. The highest BCUT2D eigenvalue weighted by atomic mass is 16.5. The minimum absolute atomic E-state index is 0.0123. The number of nitrogens with zero attached hydrogens (tertiary/aromatic N) is 1. The molecule has 0 heterocycles. The van der Waals surface area contributed by atoms with Gasteiger partial charge in [0.05, 0.1) is 0 Å². The van der Waals surface area contributed by atoms with Crippen LogP contribution < -0.4 is 10.1 Å². The Morgan fingerprint density at radius 1 is 1.53 bits per heavy atom. The molecule has 1 aromatic rings. The number of amides is 1. The Morgan fingerprint density at radius 3 is 2.73 bits per heavy atom. The number of anilines is 1. The highest BCUT2D eigenvalue weighted by molar-refractivity contribution is 5.98. The summed E-state index contributed by atoms with van der Waals surface area (Å²) in [7, 11) is 0. The first-order valence-electron chi connectivity index (χ1n) is 4.29. The van der Waals surface area contributed by atoms with Gasteiger partial charge in [0.25, 0.3) is 0 Å². The van der Waals surface area contributed by atoms with E-state index in [4.69, 9.17) is 10.00 Å². The van der Waals surface area contributed by atoms with Crippen molar-refractivity contribution in [1.82, 2.24) is 0 Å². The zero-order chi connectivity index (χ0) is 11.1. The standard InChI is InChI=1S/C11H10N2O2/c1-2-11(14)13-9-3-5-10(6-4-9)15-8-7-12/h2-6H,1,8H2,(H,13,14). The van der Waals surface area contributed by atoms with Gasteiger partial charge in [-0.15, -0.1) is 0 Å². The van der Waals surface area contributed by atoms with Crippen LogP contribution >= 0.6 is 0 Å². The predicted molar refractivity (Wildman–Crippen MR) is 56.4 cm³/mol. The van der Waals surface area contributed by atoms with Gasteiger partial charge in [0.1, 0.15) is 11.8 Å². The lowest BCUT2D eigenvalue weighted by Crippen LogP contribution is -2.06. The smallest absolute Gasteiger partial charge is 0.247 e. The van der Waals surface area contributed by atoms with Crippen LogP contribution in [-0.4, -0.2) is 12.5 Å². The molecule has 0 aromatic heterocycles. The molecule has 0 spiro atoms. The van der Waals surface area contributed by atoms with Gasteiger partial charge in [-0.3, -0.25) is 4.79 Å². The van der Waals surface area contributed by atoms with Gasteiger partial charge in [0, 0.05) is 5.69 Å². The Morgan fingerprint density at radius 2 is 2.20 bits per heavy atom. The van der Waals surface area contributed by atoms with Gasteiger partial charge in [-0.1, -0.05) is 6.58 Å². The first-order chi connectivity index (χ1) is 7.26. The lowest BCUT2D eigenvalue weighted by Gasteiger charge is -2.04. The number of nitrogens with one attached hydrogen (secondary N) is 1. The fourth-order valence-electron chi connectivity index (χ4n) is 0.943. The van der Waals surface area contributed by atoms with Gasteiger partial charge < -0.3 is 10.1 Å². The largest absolute Gasteiger partial charge is 0.479 e. The summed E-state index contributed by atoms with van der Waals surface area (Å²) in [5.41, 5.74) is 0.657. The van der Waals surface area contributed by atoms with Crippen molar-refractivity contribution < 1.29 is 9.53 Å². The molecule has 1 amide bonds. The lowest BCUT2D eigenvalue weighted by atomic mass is 10.3. The van der Waals surface area contributed by atoms with Gasteiger partial charge in [0.15, 0.2) is 6.61 Å². The van der Waals surface area contributed by atoms with Crippen LogP contribution in [0.2, 0.25) is 0 Å². The SMILES string of the molecule is C=CC(=O)Nc1ccc(OCC#N)cc1. The van der Waals surface area contributed by atoms with Crippen molar-refractivity contribution in [2.24, 2.45) is 0 Å². The number of benzene rings is 1. The van der Waals surface area contributed by atoms with Crippen LogP contribution in [-0.2, 0) is 4.79 Å². The Labute approximate surface area is 87.8 Å². The molecular formula is C11H10N2O2. The summed E-state index contributed by atoms with van der Waals surface area (Å²) < 4.78 is 5.05. The molecule has 1 rings (SSSR count). The van der Waals surface area contributed by atoms with Crippen LogP contribution in [0.1, 0.15) is 0 Å². The normalized spacial score (nSPS) is 8.73. The van der Waals surface area contributed by atoms with E-state index in [-0.39, 0.29) is 12.5 Å². The molecule has 0 saturated carbocycles. The van der Waals surface area contributed by atoms with Gasteiger partial charge >= 0.3 is 0 Å². The Balaban J connectivity index is 2.60. The maximum atomic E-state index is 10.9. The van der Waals surface area contributed by atoms with Crippen LogP contribution in [0.15, 0.2) is 36.9 Å². The van der Waals surface area contributed by atoms with Crippen molar-refractivity contribution in [1.29, 1.82) is 5.26 Å². The van der Waals surface area contributed by atoms with Crippen molar-refractivity contribution in [3.63, 3.8) is 0 Å².